The average molecular weight is 279 g/mol. The summed E-state index contributed by atoms with van der Waals surface area (Å²) < 4.78 is 0. The highest BCUT2D eigenvalue weighted by molar-refractivity contribution is 5.77. The first-order chi connectivity index (χ1) is 9.77. The van der Waals surface area contributed by atoms with Gasteiger partial charge in [-0.1, -0.05) is 38.5 Å². The number of nitrogens with one attached hydrogen (secondary N) is 1. The Balaban J connectivity index is 2.11. The van der Waals surface area contributed by atoms with E-state index < -0.39 is 0 Å². The minimum Gasteiger partial charge on any atom is -0.344 e. The maximum atomic E-state index is 8.73. The monoisotopic (exact) mass is 279 g/mol. The summed E-state index contributed by atoms with van der Waals surface area (Å²) in [6.45, 7) is 6.28. The molecule has 20 heavy (non-hydrogen) atoms. The summed E-state index contributed by atoms with van der Waals surface area (Å²) in [6.07, 6.45) is 13.5. The van der Waals surface area contributed by atoms with E-state index in [2.05, 4.69) is 23.6 Å². The highest BCUT2D eigenvalue weighted by Crippen LogP contribution is 2.30. The average Bonchev–Trinajstić information content (AvgIpc) is 2.51. The van der Waals surface area contributed by atoms with Crippen molar-refractivity contribution in [3.8, 4) is 0 Å². The van der Waals surface area contributed by atoms with Gasteiger partial charge in [0.1, 0.15) is 0 Å². The Bertz CT molecular complexity index is 269. The molecule has 3 heteroatoms. The van der Waals surface area contributed by atoms with E-state index in [1.54, 1.807) is 0 Å². The molecule has 0 aliphatic heterocycles. The minimum absolute atomic E-state index is 0.639. The Hall–Kier alpha value is -0.730. The van der Waals surface area contributed by atoms with Crippen LogP contribution in [-0.4, -0.2) is 40.9 Å². The maximum absolute atomic E-state index is 8.73. The van der Waals surface area contributed by atoms with E-state index in [0.29, 0.717) is 12.1 Å². The number of guanidine groups is 1. The van der Waals surface area contributed by atoms with Crippen molar-refractivity contribution in [2.24, 2.45) is 0 Å². The molecule has 0 amide bonds. The summed E-state index contributed by atoms with van der Waals surface area (Å²) in [7, 11) is 0. The first-order valence-electron chi connectivity index (χ1n) is 8.89. The highest BCUT2D eigenvalue weighted by atomic mass is 15.4. The summed E-state index contributed by atoms with van der Waals surface area (Å²) in [4.78, 5) is 4.77. The third-order valence-corrected chi connectivity index (χ3v) is 5.24. The van der Waals surface area contributed by atoms with Crippen LogP contribution in [0, 0.1) is 5.41 Å². The molecule has 2 aliphatic rings. The van der Waals surface area contributed by atoms with Crippen LogP contribution in [0.3, 0.4) is 0 Å². The molecule has 0 heterocycles. The SMILES string of the molecule is CCN(CC)C(=N)N(C1CCCCC1)C1CCCCC1. The van der Waals surface area contributed by atoms with Crippen LogP contribution in [0.2, 0.25) is 0 Å². The molecule has 2 fully saturated rings. The zero-order chi connectivity index (χ0) is 14.4. The maximum Gasteiger partial charge on any atom is 0.194 e. The topological polar surface area (TPSA) is 30.3 Å². The lowest BCUT2D eigenvalue weighted by Crippen LogP contribution is -2.54. The summed E-state index contributed by atoms with van der Waals surface area (Å²) in [5, 5.41) is 8.73. The first kappa shape index (κ1) is 15.7. The van der Waals surface area contributed by atoms with Gasteiger partial charge in [0.25, 0.3) is 0 Å². The second-order valence-corrected chi connectivity index (χ2v) is 6.49. The third-order valence-electron chi connectivity index (χ3n) is 5.24. The molecule has 0 saturated heterocycles. The van der Waals surface area contributed by atoms with E-state index >= 15 is 0 Å². The van der Waals surface area contributed by atoms with Crippen LogP contribution >= 0.6 is 0 Å². The van der Waals surface area contributed by atoms with Crippen molar-refractivity contribution in [1.29, 1.82) is 5.41 Å². The summed E-state index contributed by atoms with van der Waals surface area (Å²) >= 11 is 0. The molecule has 116 valence electrons. The van der Waals surface area contributed by atoms with Crippen LogP contribution < -0.4 is 0 Å². The molecule has 0 spiro atoms. The standard InChI is InChI=1S/C17H33N3/c1-3-19(4-2)17(18)20(15-11-7-5-8-12-15)16-13-9-6-10-14-16/h15-16,18H,3-14H2,1-2H3. The second kappa shape index (κ2) is 7.90. The number of hydrogen-bond acceptors (Lipinski definition) is 1. The molecule has 2 saturated carbocycles. The zero-order valence-corrected chi connectivity index (χ0v) is 13.5. The van der Waals surface area contributed by atoms with Gasteiger partial charge in [-0.3, -0.25) is 5.41 Å². The van der Waals surface area contributed by atoms with Crippen molar-refractivity contribution in [2.75, 3.05) is 13.1 Å². The van der Waals surface area contributed by atoms with Gasteiger partial charge in [-0.15, -0.1) is 0 Å². The number of rotatable bonds is 4. The Kier molecular flexibility index (Phi) is 6.18. The van der Waals surface area contributed by atoms with Crippen molar-refractivity contribution in [3.05, 3.63) is 0 Å². The fraction of sp³-hybridized carbons (Fsp3) is 0.941. The predicted octanol–water partition coefficient (Wildman–Crippen LogP) is 4.23. The predicted molar refractivity (Wildman–Crippen MR) is 86.2 cm³/mol. The molecular weight excluding hydrogens is 246 g/mol. The second-order valence-electron chi connectivity index (χ2n) is 6.49. The molecule has 1 N–H and O–H groups in total. The van der Waals surface area contributed by atoms with Gasteiger partial charge >= 0.3 is 0 Å². The summed E-state index contributed by atoms with van der Waals surface area (Å²) in [6, 6.07) is 1.28. The van der Waals surface area contributed by atoms with Crippen LogP contribution in [0.25, 0.3) is 0 Å². The van der Waals surface area contributed by atoms with Crippen molar-refractivity contribution in [3.63, 3.8) is 0 Å². The molecule has 0 aromatic rings. The van der Waals surface area contributed by atoms with Gasteiger partial charge in [0.05, 0.1) is 0 Å². The van der Waals surface area contributed by atoms with E-state index in [0.717, 1.165) is 19.0 Å². The van der Waals surface area contributed by atoms with Gasteiger partial charge in [0, 0.05) is 25.2 Å². The number of nitrogens with zero attached hydrogens (tertiary/aromatic N) is 2. The van der Waals surface area contributed by atoms with E-state index in [1.165, 1.54) is 64.2 Å². The van der Waals surface area contributed by atoms with E-state index in [-0.39, 0.29) is 0 Å². The normalized spacial score (nSPS) is 21.7. The third kappa shape index (κ3) is 3.67. The fourth-order valence-electron chi connectivity index (χ4n) is 4.05. The largest absolute Gasteiger partial charge is 0.344 e. The van der Waals surface area contributed by atoms with Crippen LogP contribution in [0.15, 0.2) is 0 Å². The molecule has 0 atom stereocenters. The van der Waals surface area contributed by atoms with Gasteiger partial charge < -0.3 is 9.80 Å². The highest BCUT2D eigenvalue weighted by Gasteiger charge is 2.32. The van der Waals surface area contributed by atoms with Crippen molar-refractivity contribution in [1.82, 2.24) is 9.80 Å². The van der Waals surface area contributed by atoms with Crippen LogP contribution in [0.5, 0.6) is 0 Å². The van der Waals surface area contributed by atoms with Gasteiger partial charge in [-0.25, -0.2) is 0 Å². The Morgan fingerprint density at radius 3 is 1.55 bits per heavy atom. The molecule has 0 bridgehead atoms. The summed E-state index contributed by atoms with van der Waals surface area (Å²) in [5.41, 5.74) is 0. The Labute approximate surface area is 125 Å². The fourth-order valence-corrected chi connectivity index (χ4v) is 4.05. The van der Waals surface area contributed by atoms with Crippen molar-refractivity contribution >= 4 is 5.96 Å². The quantitative estimate of drug-likeness (QED) is 0.616. The van der Waals surface area contributed by atoms with E-state index in [4.69, 9.17) is 5.41 Å². The van der Waals surface area contributed by atoms with Crippen LogP contribution in [-0.2, 0) is 0 Å². The molecule has 0 radical (unpaired) electrons. The van der Waals surface area contributed by atoms with E-state index in [9.17, 15) is 0 Å². The smallest absolute Gasteiger partial charge is 0.194 e. The summed E-state index contributed by atoms with van der Waals surface area (Å²) in [5.74, 6) is 0.814. The van der Waals surface area contributed by atoms with Crippen molar-refractivity contribution < 1.29 is 0 Å². The minimum atomic E-state index is 0.639. The number of hydrogen-bond donors (Lipinski definition) is 1. The zero-order valence-electron chi connectivity index (χ0n) is 13.5. The molecule has 3 nitrogen and oxygen atoms in total. The molecular formula is C17H33N3. The molecule has 0 aromatic heterocycles. The van der Waals surface area contributed by atoms with Gasteiger partial charge in [-0.05, 0) is 39.5 Å². The molecule has 2 rings (SSSR count). The van der Waals surface area contributed by atoms with Gasteiger partial charge in [0.2, 0.25) is 0 Å². The van der Waals surface area contributed by atoms with Gasteiger partial charge in [0.15, 0.2) is 5.96 Å². The lowest BCUT2D eigenvalue weighted by molar-refractivity contribution is 0.136. The Morgan fingerprint density at radius 1 is 0.800 bits per heavy atom. The van der Waals surface area contributed by atoms with Gasteiger partial charge in [-0.2, -0.15) is 0 Å². The molecule has 2 aliphatic carbocycles. The van der Waals surface area contributed by atoms with E-state index in [1.807, 2.05) is 0 Å². The van der Waals surface area contributed by atoms with Crippen molar-refractivity contribution in [2.45, 2.75) is 90.1 Å². The lowest BCUT2D eigenvalue weighted by atomic mass is 9.89. The lowest BCUT2D eigenvalue weighted by Gasteiger charge is -2.45. The first-order valence-corrected chi connectivity index (χ1v) is 8.89. The van der Waals surface area contributed by atoms with Crippen LogP contribution in [0.4, 0.5) is 0 Å². The Morgan fingerprint density at radius 2 is 1.20 bits per heavy atom. The molecule has 0 unspecified atom stereocenters. The molecule has 0 aromatic carbocycles. The van der Waals surface area contributed by atoms with Crippen LogP contribution in [0.1, 0.15) is 78.1 Å².